The Balaban J connectivity index is 1.40. The van der Waals surface area contributed by atoms with Crippen molar-refractivity contribution < 1.29 is 14.3 Å². The second-order valence-electron chi connectivity index (χ2n) is 6.16. The molecule has 1 unspecified atom stereocenters. The Labute approximate surface area is 160 Å². The third-order valence-electron chi connectivity index (χ3n) is 4.27. The molecule has 0 saturated heterocycles. The maximum Gasteiger partial charge on any atom is 0.267 e. The number of thiophene rings is 1. The fraction of sp³-hybridized carbons (Fsp3) is 0.211. The molecule has 0 saturated carbocycles. The maximum absolute atomic E-state index is 12.4. The highest BCUT2D eigenvalue weighted by Gasteiger charge is 2.31. The number of carbonyl (C=O) groups is 2. The number of amides is 2. The van der Waals surface area contributed by atoms with Crippen molar-refractivity contribution >= 4 is 34.7 Å². The summed E-state index contributed by atoms with van der Waals surface area (Å²) in [5, 5.41) is 11.8. The third kappa shape index (κ3) is 3.56. The third-order valence-corrected chi connectivity index (χ3v) is 5.17. The minimum absolute atomic E-state index is 0.152. The molecule has 3 aromatic rings. The van der Waals surface area contributed by atoms with Gasteiger partial charge in [0.15, 0.2) is 11.9 Å². The molecule has 4 rings (SSSR count). The van der Waals surface area contributed by atoms with Gasteiger partial charge < -0.3 is 15.0 Å². The number of hydrogen-bond acceptors (Lipinski definition) is 5. The molecule has 27 heavy (non-hydrogen) atoms. The standard InChI is InChI=1S/C19H18N4O3S/c1-12-19(25)23(14-5-2-3-6-15(14)26-12)9-8-18(24)20-17-11-13(21-22-17)16-7-4-10-27-16/h2-7,10-12H,8-9H2,1H3,(H2,20,21,22,24). The van der Waals surface area contributed by atoms with Gasteiger partial charge in [-0.25, -0.2) is 0 Å². The van der Waals surface area contributed by atoms with Gasteiger partial charge in [0.05, 0.1) is 16.3 Å². The average Bonchev–Trinajstić information content (AvgIpc) is 3.33. The van der Waals surface area contributed by atoms with Gasteiger partial charge in [-0.05, 0) is 30.5 Å². The normalized spacial score (nSPS) is 16.0. The number of ether oxygens (including phenoxy) is 1. The molecule has 0 fully saturated rings. The molecule has 8 heteroatoms. The quantitative estimate of drug-likeness (QED) is 0.709. The van der Waals surface area contributed by atoms with Crippen molar-refractivity contribution in [3.05, 3.63) is 47.8 Å². The Morgan fingerprint density at radius 2 is 2.19 bits per heavy atom. The maximum atomic E-state index is 12.4. The summed E-state index contributed by atoms with van der Waals surface area (Å²) >= 11 is 1.59. The van der Waals surface area contributed by atoms with E-state index >= 15 is 0 Å². The summed E-state index contributed by atoms with van der Waals surface area (Å²) in [7, 11) is 0. The fourth-order valence-corrected chi connectivity index (χ4v) is 3.64. The van der Waals surface area contributed by atoms with Crippen molar-refractivity contribution in [2.45, 2.75) is 19.4 Å². The first kappa shape index (κ1) is 17.3. The van der Waals surface area contributed by atoms with Gasteiger partial charge in [0.25, 0.3) is 5.91 Å². The number of hydrogen-bond donors (Lipinski definition) is 2. The molecular formula is C19H18N4O3S. The Morgan fingerprint density at radius 1 is 1.33 bits per heavy atom. The highest BCUT2D eigenvalue weighted by Crippen LogP contribution is 2.33. The summed E-state index contributed by atoms with van der Waals surface area (Å²) in [4.78, 5) is 27.4. The lowest BCUT2D eigenvalue weighted by Crippen LogP contribution is -2.45. The summed E-state index contributed by atoms with van der Waals surface area (Å²) < 4.78 is 5.61. The number of para-hydroxylation sites is 2. The van der Waals surface area contributed by atoms with E-state index in [9.17, 15) is 9.59 Å². The van der Waals surface area contributed by atoms with Crippen molar-refractivity contribution in [1.82, 2.24) is 10.2 Å². The summed E-state index contributed by atoms with van der Waals surface area (Å²) in [6.45, 7) is 1.98. The summed E-state index contributed by atoms with van der Waals surface area (Å²) in [6, 6.07) is 13.1. The molecule has 3 heterocycles. The van der Waals surface area contributed by atoms with Crippen LogP contribution in [0.1, 0.15) is 13.3 Å². The number of nitrogens with one attached hydrogen (secondary N) is 2. The Morgan fingerprint density at radius 3 is 3.00 bits per heavy atom. The zero-order valence-corrected chi connectivity index (χ0v) is 15.5. The number of aromatic nitrogens is 2. The van der Waals surface area contributed by atoms with E-state index in [0.717, 1.165) is 10.6 Å². The lowest BCUT2D eigenvalue weighted by atomic mass is 10.1. The number of benzene rings is 1. The predicted molar refractivity (Wildman–Crippen MR) is 104 cm³/mol. The monoisotopic (exact) mass is 382 g/mol. The van der Waals surface area contributed by atoms with Gasteiger partial charge in [-0.3, -0.25) is 14.7 Å². The minimum Gasteiger partial charge on any atom is -0.479 e. The zero-order valence-electron chi connectivity index (χ0n) is 14.6. The van der Waals surface area contributed by atoms with Crippen molar-refractivity contribution in [3.8, 4) is 16.3 Å². The first-order valence-corrected chi connectivity index (χ1v) is 9.46. The van der Waals surface area contributed by atoms with Crippen LogP contribution in [-0.2, 0) is 9.59 Å². The average molecular weight is 382 g/mol. The van der Waals surface area contributed by atoms with Gasteiger partial charge in [0, 0.05) is 19.0 Å². The fourth-order valence-electron chi connectivity index (χ4n) is 2.95. The molecule has 2 N–H and O–H groups in total. The number of aromatic amines is 1. The van der Waals surface area contributed by atoms with Crippen LogP contribution in [0.15, 0.2) is 47.8 Å². The van der Waals surface area contributed by atoms with E-state index in [1.54, 1.807) is 29.2 Å². The SMILES string of the molecule is CC1Oc2ccccc2N(CCC(=O)Nc2cc(-c3cccs3)[nH]n2)C1=O. The van der Waals surface area contributed by atoms with Crippen LogP contribution in [0.3, 0.4) is 0 Å². The number of rotatable bonds is 5. The van der Waals surface area contributed by atoms with Gasteiger partial charge in [0.1, 0.15) is 5.75 Å². The van der Waals surface area contributed by atoms with Gasteiger partial charge in [-0.15, -0.1) is 11.3 Å². The molecule has 1 aliphatic rings. The van der Waals surface area contributed by atoms with Crippen LogP contribution in [0.4, 0.5) is 11.5 Å². The van der Waals surface area contributed by atoms with Crippen molar-refractivity contribution in [2.75, 3.05) is 16.8 Å². The van der Waals surface area contributed by atoms with Gasteiger partial charge in [0.2, 0.25) is 5.91 Å². The van der Waals surface area contributed by atoms with Crippen LogP contribution < -0.4 is 15.0 Å². The smallest absolute Gasteiger partial charge is 0.267 e. The van der Waals surface area contributed by atoms with E-state index in [0.29, 0.717) is 17.3 Å². The van der Waals surface area contributed by atoms with Crippen LogP contribution >= 0.6 is 11.3 Å². The zero-order chi connectivity index (χ0) is 18.8. The van der Waals surface area contributed by atoms with Crippen LogP contribution in [0.5, 0.6) is 5.75 Å². The number of fused-ring (bicyclic) bond motifs is 1. The van der Waals surface area contributed by atoms with E-state index in [4.69, 9.17) is 4.74 Å². The molecule has 0 aliphatic carbocycles. The van der Waals surface area contributed by atoms with Crippen LogP contribution in [0.2, 0.25) is 0 Å². The number of H-pyrrole nitrogens is 1. The molecule has 2 amide bonds. The molecule has 2 aromatic heterocycles. The number of nitrogens with zero attached hydrogens (tertiary/aromatic N) is 2. The molecule has 0 spiro atoms. The van der Waals surface area contributed by atoms with Crippen molar-refractivity contribution in [1.29, 1.82) is 0 Å². The van der Waals surface area contributed by atoms with E-state index in [-0.39, 0.29) is 24.8 Å². The molecule has 0 radical (unpaired) electrons. The topological polar surface area (TPSA) is 87.3 Å². The Kier molecular flexibility index (Phi) is 4.64. The first-order valence-electron chi connectivity index (χ1n) is 8.58. The molecule has 1 aliphatic heterocycles. The molecule has 1 atom stereocenters. The van der Waals surface area contributed by atoms with Crippen LogP contribution in [0, 0.1) is 0 Å². The second kappa shape index (κ2) is 7.24. The molecular weight excluding hydrogens is 364 g/mol. The highest BCUT2D eigenvalue weighted by molar-refractivity contribution is 7.13. The summed E-state index contributed by atoms with van der Waals surface area (Å²) in [5.41, 5.74) is 1.54. The van der Waals surface area contributed by atoms with E-state index in [1.165, 1.54) is 0 Å². The number of anilines is 2. The van der Waals surface area contributed by atoms with Gasteiger partial charge in [-0.1, -0.05) is 18.2 Å². The lowest BCUT2D eigenvalue weighted by molar-refractivity contribution is -0.125. The molecule has 0 bridgehead atoms. The molecule has 138 valence electrons. The van der Waals surface area contributed by atoms with E-state index in [1.807, 2.05) is 41.8 Å². The summed E-state index contributed by atoms with van der Waals surface area (Å²) in [5.74, 6) is 0.758. The van der Waals surface area contributed by atoms with Crippen molar-refractivity contribution in [3.63, 3.8) is 0 Å². The number of carbonyl (C=O) groups excluding carboxylic acids is 2. The van der Waals surface area contributed by atoms with E-state index in [2.05, 4.69) is 15.5 Å². The second-order valence-corrected chi connectivity index (χ2v) is 7.11. The summed E-state index contributed by atoms with van der Waals surface area (Å²) in [6.07, 6.45) is -0.406. The van der Waals surface area contributed by atoms with Crippen LogP contribution in [-0.4, -0.2) is 34.7 Å². The van der Waals surface area contributed by atoms with Crippen molar-refractivity contribution in [2.24, 2.45) is 0 Å². The molecule has 7 nitrogen and oxygen atoms in total. The first-order chi connectivity index (χ1) is 13.1. The largest absolute Gasteiger partial charge is 0.479 e. The van der Waals surface area contributed by atoms with Gasteiger partial charge >= 0.3 is 0 Å². The van der Waals surface area contributed by atoms with Gasteiger partial charge in [-0.2, -0.15) is 5.10 Å². The Hall–Kier alpha value is -3.13. The lowest BCUT2D eigenvalue weighted by Gasteiger charge is -2.32. The minimum atomic E-state index is -0.567. The molecule has 1 aromatic carbocycles. The van der Waals surface area contributed by atoms with E-state index < -0.39 is 6.10 Å². The highest BCUT2D eigenvalue weighted by atomic mass is 32.1. The Bertz CT molecular complexity index is 967. The predicted octanol–water partition coefficient (Wildman–Crippen LogP) is 3.28. The van der Waals surface area contributed by atoms with Crippen LogP contribution in [0.25, 0.3) is 10.6 Å².